The Balaban J connectivity index is 1.09. The van der Waals surface area contributed by atoms with Crippen molar-refractivity contribution in [2.45, 2.75) is 57.8 Å². The lowest BCUT2D eigenvalue weighted by Crippen LogP contribution is -2.40. The first kappa shape index (κ1) is 42.1. The van der Waals surface area contributed by atoms with Crippen molar-refractivity contribution in [3.63, 3.8) is 0 Å². The third kappa shape index (κ3) is 5.97. The molecule has 1 spiro atoms. The van der Waals surface area contributed by atoms with Crippen LogP contribution in [-0.2, 0) is 16.2 Å². The summed E-state index contributed by atoms with van der Waals surface area (Å²) in [5.41, 5.74) is 28.4. The van der Waals surface area contributed by atoms with E-state index in [-0.39, 0.29) is 10.8 Å². The normalized spacial score (nSPS) is 14.8. The number of aryl methyl sites for hydroxylation is 2. The molecule has 1 heteroatoms. The Morgan fingerprint density at radius 3 is 1.33 bits per heavy atom. The molecule has 13 rings (SSSR count). The first-order valence-electron chi connectivity index (χ1n) is 24.9. The van der Waals surface area contributed by atoms with Crippen molar-refractivity contribution in [2.24, 2.45) is 0 Å². The highest BCUT2D eigenvalue weighted by atomic mass is 15.1. The number of nitrogens with zero attached hydrogens (tertiary/aromatic N) is 1. The molecule has 1 nitrogen and oxygen atoms in total. The number of hydrogen-bond acceptors (Lipinski definition) is 1. The van der Waals surface area contributed by atoms with E-state index in [1.165, 1.54) is 111 Å². The zero-order chi connectivity index (χ0) is 47.5. The first-order valence-corrected chi connectivity index (χ1v) is 24.9. The van der Waals surface area contributed by atoms with Crippen LogP contribution in [0.4, 0.5) is 17.1 Å². The highest BCUT2D eigenvalue weighted by molar-refractivity contribution is 5.96. The molecule has 70 heavy (non-hydrogen) atoms. The summed E-state index contributed by atoms with van der Waals surface area (Å²) in [4.78, 5) is 2.57. The summed E-state index contributed by atoms with van der Waals surface area (Å²) in [5, 5.41) is 0. The van der Waals surface area contributed by atoms with Gasteiger partial charge in [-0.2, -0.15) is 0 Å². The highest BCUT2D eigenvalue weighted by Crippen LogP contribution is 2.63. The van der Waals surface area contributed by atoms with E-state index < -0.39 is 5.41 Å². The predicted octanol–water partition coefficient (Wildman–Crippen LogP) is 18.1. The van der Waals surface area contributed by atoms with Gasteiger partial charge >= 0.3 is 0 Å². The fourth-order valence-corrected chi connectivity index (χ4v) is 13.1. The molecule has 10 aromatic rings. The van der Waals surface area contributed by atoms with E-state index in [1.54, 1.807) is 0 Å². The van der Waals surface area contributed by atoms with Gasteiger partial charge in [-0.05, 0) is 156 Å². The largest absolute Gasteiger partial charge is 0.310 e. The van der Waals surface area contributed by atoms with Crippen LogP contribution in [0.2, 0.25) is 0 Å². The fourth-order valence-electron chi connectivity index (χ4n) is 13.1. The third-order valence-corrected chi connectivity index (χ3v) is 16.4. The summed E-state index contributed by atoms with van der Waals surface area (Å²) in [6.45, 7) is 14.1. The van der Waals surface area contributed by atoms with Gasteiger partial charge in [-0.1, -0.05) is 216 Å². The van der Waals surface area contributed by atoms with Crippen molar-refractivity contribution in [2.75, 3.05) is 4.90 Å². The Morgan fingerprint density at radius 1 is 0.286 bits per heavy atom. The molecule has 0 unspecified atom stereocenters. The molecule has 0 aliphatic heterocycles. The number of hydrogen-bond donors (Lipinski definition) is 0. The maximum Gasteiger partial charge on any atom is 0.0720 e. The topological polar surface area (TPSA) is 3.24 Å². The molecular formula is C69H55N. The van der Waals surface area contributed by atoms with Crippen molar-refractivity contribution >= 4 is 17.1 Å². The van der Waals surface area contributed by atoms with E-state index in [2.05, 4.69) is 271 Å². The Bertz CT molecular complexity index is 3670. The van der Waals surface area contributed by atoms with Crippen LogP contribution < -0.4 is 4.90 Å². The lowest BCUT2D eigenvalue weighted by Gasteiger charge is -2.46. The quantitative estimate of drug-likeness (QED) is 0.161. The van der Waals surface area contributed by atoms with Crippen LogP contribution in [0, 0.1) is 13.8 Å². The van der Waals surface area contributed by atoms with Crippen LogP contribution in [0.25, 0.3) is 55.6 Å². The Kier molecular flexibility index (Phi) is 9.33. The van der Waals surface area contributed by atoms with Crippen LogP contribution in [0.5, 0.6) is 0 Å². The Hall–Kier alpha value is -8.00. The Labute approximate surface area is 413 Å². The summed E-state index contributed by atoms with van der Waals surface area (Å²) in [6.07, 6.45) is 0. The summed E-state index contributed by atoms with van der Waals surface area (Å²) >= 11 is 0. The van der Waals surface area contributed by atoms with Crippen molar-refractivity contribution in [3.8, 4) is 55.6 Å². The van der Waals surface area contributed by atoms with Crippen LogP contribution in [0.3, 0.4) is 0 Å². The number of benzene rings is 10. The van der Waals surface area contributed by atoms with Gasteiger partial charge in [0.05, 0.1) is 11.1 Å². The van der Waals surface area contributed by atoms with Crippen molar-refractivity contribution < 1.29 is 0 Å². The Morgan fingerprint density at radius 2 is 0.714 bits per heavy atom. The smallest absolute Gasteiger partial charge is 0.0720 e. The minimum absolute atomic E-state index is 0.176. The second-order valence-electron chi connectivity index (χ2n) is 20.9. The zero-order valence-corrected chi connectivity index (χ0v) is 40.8. The SMILES string of the molecule is Cc1cccc(C)c1-c1cc(-c2ccc(-c3ccccc3)cc2)ccc1N(c1ccc2c(c1)C(C)(C)c1ccccc1-2)c1ccc2c(c1)C1(c3ccccc3-2)c2ccccc2C(C)(C)c2ccccc21. The zero-order valence-electron chi connectivity index (χ0n) is 40.8. The maximum atomic E-state index is 2.57. The lowest BCUT2D eigenvalue weighted by atomic mass is 9.55. The molecule has 0 radical (unpaired) electrons. The number of rotatable bonds is 6. The molecule has 0 bridgehead atoms. The van der Waals surface area contributed by atoms with E-state index in [9.17, 15) is 0 Å². The summed E-state index contributed by atoms with van der Waals surface area (Å²) in [6, 6.07) is 84.9. The van der Waals surface area contributed by atoms with Gasteiger partial charge < -0.3 is 4.90 Å². The van der Waals surface area contributed by atoms with Crippen molar-refractivity contribution in [1.82, 2.24) is 0 Å². The second kappa shape index (κ2) is 15.5. The monoisotopic (exact) mass is 897 g/mol. The van der Waals surface area contributed by atoms with Gasteiger partial charge in [0.25, 0.3) is 0 Å². The lowest BCUT2D eigenvalue weighted by molar-refractivity contribution is 0.563. The van der Waals surface area contributed by atoms with Gasteiger partial charge in [0.15, 0.2) is 0 Å². The highest BCUT2D eigenvalue weighted by Gasteiger charge is 2.53. The molecule has 3 aliphatic carbocycles. The molecular weight excluding hydrogens is 843 g/mol. The molecule has 0 heterocycles. The summed E-state index contributed by atoms with van der Waals surface area (Å²) in [5.74, 6) is 0. The standard InChI is InChI=1S/C69H55N/c1-44-19-18-20-45(2)66(44)56-41-49(48-33-31-47(32-34-48)46-21-8-7-9-22-46)35-40-65(56)70(50-36-38-54-52-23-10-12-25-57(52)67(3,4)63(54)42-50)51-37-39-55-53-24-11-13-26-58(53)69(64(55)43-51)61-29-16-14-27-59(61)68(5,6)60-28-15-17-30-62(60)69/h7-43H,1-6H3. The van der Waals surface area contributed by atoms with Crippen molar-refractivity contribution in [1.29, 1.82) is 0 Å². The van der Waals surface area contributed by atoms with Crippen LogP contribution in [-0.4, -0.2) is 0 Å². The molecule has 0 atom stereocenters. The van der Waals surface area contributed by atoms with Crippen LogP contribution >= 0.6 is 0 Å². The van der Waals surface area contributed by atoms with E-state index in [0.717, 1.165) is 17.1 Å². The van der Waals surface area contributed by atoms with E-state index in [4.69, 9.17) is 0 Å². The minimum atomic E-state index is -0.525. The summed E-state index contributed by atoms with van der Waals surface area (Å²) < 4.78 is 0. The van der Waals surface area contributed by atoms with Gasteiger partial charge in [-0.3, -0.25) is 0 Å². The van der Waals surface area contributed by atoms with Crippen LogP contribution in [0.1, 0.15) is 83.3 Å². The summed E-state index contributed by atoms with van der Waals surface area (Å²) in [7, 11) is 0. The van der Waals surface area contributed by atoms with Crippen LogP contribution in [0.15, 0.2) is 224 Å². The molecule has 10 aromatic carbocycles. The van der Waals surface area contributed by atoms with Gasteiger partial charge in [0, 0.05) is 27.8 Å². The minimum Gasteiger partial charge on any atom is -0.310 e. The molecule has 0 amide bonds. The third-order valence-electron chi connectivity index (χ3n) is 16.4. The molecule has 0 saturated heterocycles. The van der Waals surface area contributed by atoms with E-state index in [1.807, 2.05) is 0 Å². The average Bonchev–Trinajstić information content (AvgIpc) is 3.82. The van der Waals surface area contributed by atoms with Gasteiger partial charge in [-0.25, -0.2) is 0 Å². The van der Waals surface area contributed by atoms with Gasteiger partial charge in [0.1, 0.15) is 0 Å². The molecule has 3 aliphatic rings. The number of anilines is 3. The molecule has 0 aromatic heterocycles. The van der Waals surface area contributed by atoms with Crippen molar-refractivity contribution in [3.05, 3.63) is 280 Å². The second-order valence-corrected chi connectivity index (χ2v) is 20.9. The first-order chi connectivity index (χ1) is 34.1. The molecule has 0 saturated carbocycles. The fraction of sp³-hybridized carbons (Fsp3) is 0.130. The molecule has 0 N–H and O–H groups in total. The molecule has 0 fully saturated rings. The van der Waals surface area contributed by atoms with E-state index in [0.29, 0.717) is 0 Å². The van der Waals surface area contributed by atoms with Gasteiger partial charge in [0.2, 0.25) is 0 Å². The average molecular weight is 898 g/mol. The predicted molar refractivity (Wildman–Crippen MR) is 294 cm³/mol. The molecule has 336 valence electrons. The number of fused-ring (bicyclic) bond motifs is 12. The maximum absolute atomic E-state index is 2.57. The van der Waals surface area contributed by atoms with Gasteiger partial charge in [-0.15, -0.1) is 0 Å². The van der Waals surface area contributed by atoms with E-state index >= 15 is 0 Å².